The van der Waals surface area contributed by atoms with Gasteiger partial charge in [0.1, 0.15) is 11.7 Å². The average molecular weight is 361 g/mol. The average Bonchev–Trinajstić information content (AvgIpc) is 2.86. The van der Waals surface area contributed by atoms with Gasteiger partial charge in [0.2, 0.25) is 0 Å². The molecule has 0 unspecified atom stereocenters. The van der Waals surface area contributed by atoms with Crippen molar-refractivity contribution in [1.82, 2.24) is 5.32 Å². The molecule has 2 rings (SSSR count). The van der Waals surface area contributed by atoms with Gasteiger partial charge in [-0.05, 0) is 45.6 Å². The van der Waals surface area contributed by atoms with Crippen molar-refractivity contribution in [1.29, 1.82) is 0 Å². The lowest BCUT2D eigenvalue weighted by Gasteiger charge is -2.28. The van der Waals surface area contributed by atoms with Crippen LogP contribution in [0.4, 0.5) is 4.79 Å². The van der Waals surface area contributed by atoms with Crippen LogP contribution in [0.1, 0.15) is 52.2 Å². The highest BCUT2D eigenvalue weighted by Gasteiger charge is 2.40. The Morgan fingerprint density at radius 1 is 1.27 bits per heavy atom. The van der Waals surface area contributed by atoms with Crippen LogP contribution in [-0.2, 0) is 20.7 Å². The predicted octanol–water partition coefficient (Wildman–Crippen LogP) is 4.02. The zero-order chi connectivity index (χ0) is 19.5. The Labute approximate surface area is 156 Å². The van der Waals surface area contributed by atoms with Crippen LogP contribution in [0.5, 0.6) is 0 Å². The number of cyclic esters (lactones) is 1. The maximum Gasteiger partial charge on any atom is 0.408 e. The first-order valence-electron chi connectivity index (χ1n) is 9.30. The lowest BCUT2D eigenvalue weighted by Crippen LogP contribution is -2.48. The van der Waals surface area contributed by atoms with Crippen molar-refractivity contribution >= 4 is 12.1 Å². The summed E-state index contributed by atoms with van der Waals surface area (Å²) >= 11 is 0. The maximum atomic E-state index is 12.3. The third-order valence-electron chi connectivity index (χ3n) is 4.52. The minimum Gasteiger partial charge on any atom is -0.460 e. The van der Waals surface area contributed by atoms with E-state index in [1.54, 1.807) is 0 Å². The van der Waals surface area contributed by atoms with Crippen LogP contribution in [0.25, 0.3) is 0 Å². The van der Waals surface area contributed by atoms with Gasteiger partial charge in [0, 0.05) is 6.42 Å². The van der Waals surface area contributed by atoms with Gasteiger partial charge < -0.3 is 14.8 Å². The molecule has 1 saturated heterocycles. The number of nitrogens with one attached hydrogen (secondary N) is 1. The number of esters is 1. The van der Waals surface area contributed by atoms with Gasteiger partial charge in [-0.3, -0.25) is 4.79 Å². The van der Waals surface area contributed by atoms with Crippen LogP contribution in [0.15, 0.2) is 24.3 Å². The van der Waals surface area contributed by atoms with Gasteiger partial charge in [-0.1, -0.05) is 43.7 Å². The van der Waals surface area contributed by atoms with E-state index in [2.05, 4.69) is 17.4 Å². The van der Waals surface area contributed by atoms with Crippen LogP contribution in [-0.4, -0.2) is 29.8 Å². The van der Waals surface area contributed by atoms with Gasteiger partial charge in [-0.15, -0.1) is 0 Å². The number of carbonyl (C=O) groups excluding carboxylic acids is 2. The van der Waals surface area contributed by atoms with Crippen molar-refractivity contribution < 1.29 is 19.1 Å². The zero-order valence-corrected chi connectivity index (χ0v) is 16.7. The second-order valence-electron chi connectivity index (χ2n) is 8.51. The SMILES string of the molecule is Cc1ccc(C[C@@H]2C[C@@H]([C@@H](NC(=O)OC(C)(C)C)C(C)C)OC2=O)cc1. The molecule has 0 radical (unpaired) electrons. The van der Waals surface area contributed by atoms with Gasteiger partial charge in [0.05, 0.1) is 12.0 Å². The normalized spacial score (nSPS) is 21.4. The second kappa shape index (κ2) is 8.11. The van der Waals surface area contributed by atoms with Crippen LogP contribution in [0, 0.1) is 18.8 Å². The Balaban J connectivity index is 2.00. The van der Waals surface area contributed by atoms with Crippen molar-refractivity contribution in [2.24, 2.45) is 11.8 Å². The number of rotatable bonds is 5. The molecule has 0 spiro atoms. The summed E-state index contributed by atoms with van der Waals surface area (Å²) in [5.41, 5.74) is 1.76. The lowest BCUT2D eigenvalue weighted by molar-refractivity contribution is -0.145. The Kier molecular flexibility index (Phi) is 6.32. The standard InChI is InChI=1S/C21H31NO4/c1-13(2)18(22-20(24)26-21(4,5)6)17-12-16(19(23)25-17)11-15-9-7-14(3)8-10-15/h7-10,13,16-18H,11-12H2,1-6H3,(H,22,24)/t16-,17+,18+/m1/s1. The van der Waals surface area contributed by atoms with E-state index in [-0.39, 0.29) is 30.0 Å². The summed E-state index contributed by atoms with van der Waals surface area (Å²) in [4.78, 5) is 24.5. The van der Waals surface area contributed by atoms with Crippen molar-refractivity contribution in [3.05, 3.63) is 35.4 Å². The van der Waals surface area contributed by atoms with E-state index in [1.165, 1.54) is 5.56 Å². The molecule has 3 atom stereocenters. The fourth-order valence-electron chi connectivity index (χ4n) is 3.20. The largest absolute Gasteiger partial charge is 0.460 e. The molecular weight excluding hydrogens is 330 g/mol. The molecule has 5 nitrogen and oxygen atoms in total. The molecule has 0 aliphatic carbocycles. The topological polar surface area (TPSA) is 64.6 Å². The van der Waals surface area contributed by atoms with Crippen molar-refractivity contribution in [2.45, 2.75) is 72.1 Å². The molecule has 1 amide bonds. The third-order valence-corrected chi connectivity index (χ3v) is 4.52. The van der Waals surface area contributed by atoms with Crippen molar-refractivity contribution in [3.63, 3.8) is 0 Å². The fourth-order valence-corrected chi connectivity index (χ4v) is 3.20. The van der Waals surface area contributed by atoms with E-state index < -0.39 is 11.7 Å². The first-order chi connectivity index (χ1) is 12.0. The minimum absolute atomic E-state index is 0.124. The molecule has 1 aromatic rings. The molecule has 0 saturated carbocycles. The molecule has 26 heavy (non-hydrogen) atoms. The number of ether oxygens (including phenoxy) is 2. The second-order valence-corrected chi connectivity index (χ2v) is 8.51. The van der Waals surface area contributed by atoms with Crippen molar-refractivity contribution in [2.75, 3.05) is 0 Å². The molecule has 1 heterocycles. The molecule has 1 aliphatic rings. The fraction of sp³-hybridized carbons (Fsp3) is 0.619. The highest BCUT2D eigenvalue weighted by atomic mass is 16.6. The Morgan fingerprint density at radius 3 is 2.42 bits per heavy atom. The number of hydrogen-bond donors (Lipinski definition) is 1. The predicted molar refractivity (Wildman–Crippen MR) is 101 cm³/mol. The molecule has 144 valence electrons. The summed E-state index contributed by atoms with van der Waals surface area (Å²) in [5.74, 6) is -0.241. The van der Waals surface area contributed by atoms with Crippen molar-refractivity contribution in [3.8, 4) is 0 Å². The van der Waals surface area contributed by atoms with Gasteiger partial charge >= 0.3 is 12.1 Å². The van der Waals surface area contributed by atoms with Crippen LogP contribution in [0.2, 0.25) is 0 Å². The van der Waals surface area contributed by atoms with E-state index in [1.807, 2.05) is 53.7 Å². The summed E-state index contributed by atoms with van der Waals surface area (Å²) < 4.78 is 11.0. The molecule has 0 bridgehead atoms. The van der Waals surface area contributed by atoms with Gasteiger partial charge in [0.15, 0.2) is 0 Å². The first-order valence-corrected chi connectivity index (χ1v) is 9.30. The quantitative estimate of drug-likeness (QED) is 0.805. The molecule has 1 fully saturated rings. The number of hydrogen-bond acceptors (Lipinski definition) is 4. The smallest absolute Gasteiger partial charge is 0.408 e. The Hall–Kier alpha value is -2.04. The molecule has 1 aromatic carbocycles. The summed E-state index contributed by atoms with van der Waals surface area (Å²) in [5, 5.41) is 2.89. The Morgan fingerprint density at radius 2 is 1.88 bits per heavy atom. The molecule has 0 aromatic heterocycles. The van der Waals surface area contributed by atoms with Gasteiger partial charge in [-0.2, -0.15) is 0 Å². The van der Waals surface area contributed by atoms with E-state index in [0.717, 1.165) is 5.56 Å². The summed E-state index contributed by atoms with van der Waals surface area (Å²) in [6.07, 6.45) is 0.456. The molecule has 1 aliphatic heterocycles. The van der Waals surface area contributed by atoms with Crippen LogP contribution in [0.3, 0.4) is 0 Å². The summed E-state index contributed by atoms with van der Waals surface area (Å²) in [6, 6.07) is 7.93. The number of amides is 1. The highest BCUT2D eigenvalue weighted by Crippen LogP contribution is 2.29. The highest BCUT2D eigenvalue weighted by molar-refractivity contribution is 5.75. The zero-order valence-electron chi connectivity index (χ0n) is 16.7. The molecular formula is C21H31NO4. The van der Waals surface area contributed by atoms with E-state index >= 15 is 0 Å². The first kappa shape index (κ1) is 20.3. The third kappa shape index (κ3) is 5.75. The Bertz CT molecular complexity index is 630. The lowest BCUT2D eigenvalue weighted by atomic mass is 9.90. The number of carbonyl (C=O) groups is 2. The molecule has 1 N–H and O–H groups in total. The van der Waals surface area contributed by atoms with E-state index in [9.17, 15) is 9.59 Å². The minimum atomic E-state index is -0.564. The molecule has 5 heteroatoms. The van der Waals surface area contributed by atoms with Gasteiger partial charge in [0.25, 0.3) is 0 Å². The number of aryl methyl sites for hydroxylation is 1. The number of benzene rings is 1. The van der Waals surface area contributed by atoms with Gasteiger partial charge in [-0.25, -0.2) is 4.79 Å². The number of alkyl carbamates (subject to hydrolysis) is 1. The summed E-state index contributed by atoms with van der Waals surface area (Å²) in [6.45, 7) is 11.5. The van der Waals surface area contributed by atoms with E-state index in [4.69, 9.17) is 9.47 Å². The maximum absolute atomic E-state index is 12.3. The van der Waals surface area contributed by atoms with Crippen LogP contribution < -0.4 is 5.32 Å². The van der Waals surface area contributed by atoms with Crippen LogP contribution >= 0.6 is 0 Å². The summed E-state index contributed by atoms with van der Waals surface area (Å²) in [7, 11) is 0. The van der Waals surface area contributed by atoms with E-state index in [0.29, 0.717) is 12.8 Å². The monoisotopic (exact) mass is 361 g/mol.